The van der Waals surface area contributed by atoms with Crippen LogP contribution in [0.1, 0.15) is 11.1 Å². The van der Waals surface area contributed by atoms with Crippen LogP contribution >= 0.6 is 0 Å². The fourth-order valence-electron chi connectivity index (χ4n) is 2.99. The number of aromatic hydroxyl groups is 1. The first kappa shape index (κ1) is 15.2. The molecule has 5 nitrogen and oxygen atoms in total. The second kappa shape index (κ2) is 5.63. The number of hydrogen-bond donors (Lipinski definition) is 1. The molecule has 124 valence electrons. The Morgan fingerprint density at radius 3 is 2.60 bits per heavy atom. The van der Waals surface area contributed by atoms with Crippen molar-refractivity contribution in [3.8, 4) is 22.7 Å². The molecule has 0 spiro atoms. The van der Waals surface area contributed by atoms with Gasteiger partial charge in [-0.2, -0.15) is 5.10 Å². The number of rotatable bonds is 2. The Morgan fingerprint density at radius 1 is 1.08 bits per heavy atom. The van der Waals surface area contributed by atoms with E-state index in [-0.39, 0.29) is 5.75 Å². The Morgan fingerprint density at radius 2 is 1.84 bits per heavy atom. The van der Waals surface area contributed by atoms with Gasteiger partial charge in [-0.15, -0.1) is 0 Å². The third kappa shape index (κ3) is 2.50. The number of para-hydroxylation sites is 1. The van der Waals surface area contributed by atoms with Crippen LogP contribution in [0.2, 0.25) is 0 Å². The molecule has 4 rings (SSSR count). The fourth-order valence-corrected chi connectivity index (χ4v) is 2.99. The fraction of sp³-hybridized carbons (Fsp3) is 0.100. The molecule has 1 N–H and O–H groups in total. The van der Waals surface area contributed by atoms with Gasteiger partial charge in [0.25, 0.3) is 0 Å². The van der Waals surface area contributed by atoms with E-state index in [0.29, 0.717) is 22.4 Å². The molecule has 5 heteroatoms. The first-order chi connectivity index (χ1) is 12.0. The first-order valence-electron chi connectivity index (χ1n) is 7.93. The zero-order valence-corrected chi connectivity index (χ0v) is 13.9. The van der Waals surface area contributed by atoms with Crippen LogP contribution in [-0.4, -0.2) is 14.9 Å². The molecule has 0 amide bonds. The summed E-state index contributed by atoms with van der Waals surface area (Å²) >= 11 is 0. The average molecular weight is 332 g/mol. The quantitative estimate of drug-likeness (QED) is 0.564. The highest BCUT2D eigenvalue weighted by Crippen LogP contribution is 2.37. The highest BCUT2D eigenvalue weighted by atomic mass is 16.4. The molecule has 4 aromatic rings. The van der Waals surface area contributed by atoms with Gasteiger partial charge in [0.15, 0.2) is 0 Å². The molecule has 0 unspecified atom stereocenters. The van der Waals surface area contributed by atoms with Gasteiger partial charge in [0, 0.05) is 28.8 Å². The Balaban J connectivity index is 1.92. The molecule has 2 aromatic carbocycles. The van der Waals surface area contributed by atoms with Crippen molar-refractivity contribution in [2.24, 2.45) is 0 Å². The third-order valence-corrected chi connectivity index (χ3v) is 4.33. The monoisotopic (exact) mass is 332 g/mol. The summed E-state index contributed by atoms with van der Waals surface area (Å²) in [5.74, 6) is 0.0690. The van der Waals surface area contributed by atoms with Crippen LogP contribution in [0, 0.1) is 13.8 Å². The maximum atomic E-state index is 11.6. The summed E-state index contributed by atoms with van der Waals surface area (Å²) in [6.07, 6.45) is 1.85. The number of benzene rings is 2. The standard InChI is InChI=1S/C20H16N2O3/c1-12-10-18(23)25-20-13(2)19(24)16(11-15(12)20)17-8-9-22(21-17)14-6-4-3-5-7-14/h3-11,24H,1-2H3. The van der Waals surface area contributed by atoms with E-state index in [1.165, 1.54) is 6.07 Å². The number of hydrogen-bond acceptors (Lipinski definition) is 4. The van der Waals surface area contributed by atoms with Gasteiger partial charge in [-0.1, -0.05) is 18.2 Å². The van der Waals surface area contributed by atoms with Gasteiger partial charge in [0.05, 0.1) is 11.4 Å². The third-order valence-electron chi connectivity index (χ3n) is 4.33. The van der Waals surface area contributed by atoms with Crippen molar-refractivity contribution in [3.63, 3.8) is 0 Å². The van der Waals surface area contributed by atoms with Gasteiger partial charge in [0.1, 0.15) is 11.3 Å². The first-order valence-corrected chi connectivity index (χ1v) is 7.93. The number of aromatic nitrogens is 2. The van der Waals surface area contributed by atoms with E-state index >= 15 is 0 Å². The lowest BCUT2D eigenvalue weighted by Crippen LogP contribution is -2.00. The molecule has 0 radical (unpaired) electrons. The van der Waals surface area contributed by atoms with E-state index in [1.807, 2.05) is 55.6 Å². The molecule has 2 heterocycles. The second-order valence-electron chi connectivity index (χ2n) is 6.00. The van der Waals surface area contributed by atoms with Gasteiger partial charge in [0.2, 0.25) is 0 Å². The average Bonchev–Trinajstić information content (AvgIpc) is 3.09. The van der Waals surface area contributed by atoms with Gasteiger partial charge in [-0.05, 0) is 43.7 Å². The summed E-state index contributed by atoms with van der Waals surface area (Å²) in [4.78, 5) is 11.6. The lowest BCUT2D eigenvalue weighted by molar-refractivity contribution is 0.470. The molecule has 0 fully saturated rings. The summed E-state index contributed by atoms with van der Waals surface area (Å²) in [6.45, 7) is 3.58. The number of nitrogens with zero attached hydrogens (tertiary/aromatic N) is 2. The van der Waals surface area contributed by atoms with E-state index < -0.39 is 5.63 Å². The molecule has 0 atom stereocenters. The van der Waals surface area contributed by atoms with Crippen molar-refractivity contribution in [1.82, 2.24) is 9.78 Å². The predicted molar refractivity (Wildman–Crippen MR) is 96.2 cm³/mol. The molecular formula is C20H16N2O3. The van der Waals surface area contributed by atoms with E-state index in [1.54, 1.807) is 11.6 Å². The van der Waals surface area contributed by atoms with Crippen molar-refractivity contribution in [1.29, 1.82) is 0 Å². The van der Waals surface area contributed by atoms with Crippen LogP contribution in [0.4, 0.5) is 0 Å². The van der Waals surface area contributed by atoms with E-state index in [2.05, 4.69) is 5.10 Å². The molecule has 0 aliphatic heterocycles. The van der Waals surface area contributed by atoms with Crippen molar-refractivity contribution in [3.05, 3.63) is 76.3 Å². The molecule has 0 bridgehead atoms. The van der Waals surface area contributed by atoms with Crippen molar-refractivity contribution < 1.29 is 9.52 Å². The lowest BCUT2D eigenvalue weighted by Gasteiger charge is -2.10. The molecule has 0 saturated carbocycles. The van der Waals surface area contributed by atoms with Gasteiger partial charge >= 0.3 is 5.63 Å². The van der Waals surface area contributed by atoms with Crippen molar-refractivity contribution in [2.75, 3.05) is 0 Å². The summed E-state index contributed by atoms with van der Waals surface area (Å²) in [6, 6.07) is 14.9. The van der Waals surface area contributed by atoms with Crippen LogP contribution in [0.5, 0.6) is 5.75 Å². The van der Waals surface area contributed by atoms with E-state index in [0.717, 1.165) is 16.6 Å². The maximum Gasteiger partial charge on any atom is 0.336 e. The number of phenols is 1. The normalized spacial score (nSPS) is 11.1. The number of fused-ring (bicyclic) bond motifs is 1. The summed E-state index contributed by atoms with van der Waals surface area (Å²) in [7, 11) is 0. The summed E-state index contributed by atoms with van der Waals surface area (Å²) in [5.41, 5.74) is 3.52. The molecule has 25 heavy (non-hydrogen) atoms. The SMILES string of the molecule is Cc1cc(=O)oc2c(C)c(O)c(-c3ccn(-c4ccccc4)n3)cc12. The van der Waals surface area contributed by atoms with Crippen molar-refractivity contribution >= 4 is 11.0 Å². The molecular weight excluding hydrogens is 316 g/mol. The smallest absolute Gasteiger partial charge is 0.336 e. The number of aryl methyl sites for hydroxylation is 2. The highest BCUT2D eigenvalue weighted by molar-refractivity contribution is 5.91. The predicted octanol–water partition coefficient (Wildman–Crippen LogP) is 3.97. The van der Waals surface area contributed by atoms with Gasteiger partial charge in [-0.25, -0.2) is 9.48 Å². The zero-order valence-electron chi connectivity index (χ0n) is 13.9. The molecule has 0 aliphatic carbocycles. The van der Waals surface area contributed by atoms with Gasteiger partial charge in [-0.3, -0.25) is 0 Å². The molecule has 0 saturated heterocycles. The highest BCUT2D eigenvalue weighted by Gasteiger charge is 2.16. The van der Waals surface area contributed by atoms with Crippen molar-refractivity contribution in [2.45, 2.75) is 13.8 Å². The Labute approximate surface area is 143 Å². The minimum absolute atomic E-state index is 0.0690. The lowest BCUT2D eigenvalue weighted by atomic mass is 10.0. The largest absolute Gasteiger partial charge is 0.507 e. The van der Waals surface area contributed by atoms with Gasteiger partial charge < -0.3 is 9.52 Å². The minimum atomic E-state index is -0.423. The minimum Gasteiger partial charge on any atom is -0.507 e. The number of phenolic OH excluding ortho intramolecular Hbond substituents is 1. The van der Waals surface area contributed by atoms with Crippen LogP contribution in [-0.2, 0) is 0 Å². The summed E-state index contributed by atoms with van der Waals surface area (Å²) < 4.78 is 7.03. The Kier molecular flexibility index (Phi) is 3.42. The van der Waals surface area contributed by atoms with E-state index in [4.69, 9.17) is 4.42 Å². The van der Waals surface area contributed by atoms with Crippen LogP contribution in [0.15, 0.2) is 63.9 Å². The molecule has 0 aliphatic rings. The van der Waals surface area contributed by atoms with Crippen LogP contribution in [0.25, 0.3) is 27.9 Å². The van der Waals surface area contributed by atoms with Crippen LogP contribution < -0.4 is 5.63 Å². The topological polar surface area (TPSA) is 68.3 Å². The second-order valence-corrected chi connectivity index (χ2v) is 6.00. The maximum absolute atomic E-state index is 11.6. The zero-order chi connectivity index (χ0) is 17.6. The Bertz CT molecular complexity index is 1140. The molecule has 2 aromatic heterocycles. The Hall–Kier alpha value is -3.34. The van der Waals surface area contributed by atoms with E-state index in [9.17, 15) is 9.90 Å². The van der Waals surface area contributed by atoms with Crippen LogP contribution in [0.3, 0.4) is 0 Å². The summed E-state index contributed by atoms with van der Waals surface area (Å²) in [5, 5.41) is 16.0.